The molecule has 0 atom stereocenters. The van der Waals surface area contributed by atoms with Crippen LogP contribution >= 0.6 is 0 Å². The highest BCUT2D eigenvalue weighted by Gasteiger charge is 2.31. The third-order valence-corrected chi connectivity index (χ3v) is 3.47. The Bertz CT molecular complexity index is 251. The maximum absolute atomic E-state index is 12.0. The molecule has 0 aromatic carbocycles. The number of amides is 1. The van der Waals surface area contributed by atoms with Crippen molar-refractivity contribution >= 4 is 5.91 Å². The zero-order chi connectivity index (χ0) is 12.3. The Balaban J connectivity index is 2.55. The highest BCUT2D eigenvalue weighted by molar-refractivity contribution is 5.78. The standard InChI is InChI=1S/C12H25N3O/c1-10(2)14(5)11(16)8-15-7-6-13-9-12(15,3)4/h10,13H,6-9H2,1-5H3. The van der Waals surface area contributed by atoms with Crippen LogP contribution in [0.25, 0.3) is 0 Å². The van der Waals surface area contributed by atoms with Gasteiger partial charge in [0.05, 0.1) is 6.54 Å². The summed E-state index contributed by atoms with van der Waals surface area (Å²) in [6, 6.07) is 0.276. The number of likely N-dealkylation sites (N-methyl/N-ethyl adjacent to an activating group) is 1. The maximum Gasteiger partial charge on any atom is 0.236 e. The van der Waals surface area contributed by atoms with Crippen molar-refractivity contribution < 1.29 is 4.79 Å². The third-order valence-electron chi connectivity index (χ3n) is 3.47. The highest BCUT2D eigenvalue weighted by atomic mass is 16.2. The van der Waals surface area contributed by atoms with E-state index in [1.165, 1.54) is 0 Å². The van der Waals surface area contributed by atoms with E-state index in [1.807, 2.05) is 25.8 Å². The van der Waals surface area contributed by atoms with Crippen LogP contribution in [-0.2, 0) is 4.79 Å². The number of nitrogens with zero attached hydrogens (tertiary/aromatic N) is 2. The molecule has 1 aliphatic heterocycles. The van der Waals surface area contributed by atoms with Gasteiger partial charge in [-0.2, -0.15) is 0 Å². The van der Waals surface area contributed by atoms with E-state index in [0.29, 0.717) is 6.54 Å². The first-order valence-electron chi connectivity index (χ1n) is 6.06. The molecule has 0 aromatic rings. The zero-order valence-electron chi connectivity index (χ0n) is 11.2. The zero-order valence-corrected chi connectivity index (χ0v) is 11.2. The lowest BCUT2D eigenvalue weighted by atomic mass is 10.0. The molecule has 0 saturated carbocycles. The van der Waals surface area contributed by atoms with E-state index in [4.69, 9.17) is 0 Å². The van der Waals surface area contributed by atoms with Crippen molar-refractivity contribution in [3.63, 3.8) is 0 Å². The van der Waals surface area contributed by atoms with Crippen molar-refractivity contribution in [1.29, 1.82) is 0 Å². The number of piperazine rings is 1. The lowest BCUT2D eigenvalue weighted by Gasteiger charge is -2.43. The molecule has 1 fully saturated rings. The van der Waals surface area contributed by atoms with Crippen molar-refractivity contribution in [2.45, 2.75) is 39.3 Å². The minimum absolute atomic E-state index is 0.0751. The largest absolute Gasteiger partial charge is 0.342 e. The summed E-state index contributed by atoms with van der Waals surface area (Å²) in [6.07, 6.45) is 0. The molecule has 0 unspecified atom stereocenters. The number of nitrogens with one attached hydrogen (secondary N) is 1. The van der Waals surface area contributed by atoms with Crippen LogP contribution in [-0.4, -0.2) is 60.5 Å². The van der Waals surface area contributed by atoms with Gasteiger partial charge in [0, 0.05) is 38.3 Å². The van der Waals surface area contributed by atoms with Gasteiger partial charge in [-0.3, -0.25) is 9.69 Å². The second-order valence-electron chi connectivity index (χ2n) is 5.51. The molecular weight excluding hydrogens is 202 g/mol. The molecule has 0 aliphatic carbocycles. The van der Waals surface area contributed by atoms with E-state index in [9.17, 15) is 4.79 Å². The number of rotatable bonds is 3. The minimum Gasteiger partial charge on any atom is -0.342 e. The molecule has 0 radical (unpaired) electrons. The fourth-order valence-electron chi connectivity index (χ4n) is 1.88. The summed E-state index contributed by atoms with van der Waals surface area (Å²) in [4.78, 5) is 16.1. The molecular formula is C12H25N3O. The van der Waals surface area contributed by atoms with Gasteiger partial charge in [0.1, 0.15) is 0 Å². The first-order valence-corrected chi connectivity index (χ1v) is 6.06. The molecule has 94 valence electrons. The monoisotopic (exact) mass is 227 g/mol. The Hall–Kier alpha value is -0.610. The van der Waals surface area contributed by atoms with Gasteiger partial charge in [-0.25, -0.2) is 0 Å². The quantitative estimate of drug-likeness (QED) is 0.764. The van der Waals surface area contributed by atoms with Crippen LogP contribution in [0.3, 0.4) is 0 Å². The second-order valence-corrected chi connectivity index (χ2v) is 5.51. The predicted octanol–water partition coefficient (Wildman–Crippen LogP) is 0.537. The number of hydrogen-bond donors (Lipinski definition) is 1. The smallest absolute Gasteiger partial charge is 0.236 e. The molecule has 1 N–H and O–H groups in total. The first-order chi connectivity index (χ1) is 7.34. The van der Waals surface area contributed by atoms with Crippen LogP contribution < -0.4 is 5.32 Å². The summed E-state index contributed by atoms with van der Waals surface area (Å²) >= 11 is 0. The fourth-order valence-corrected chi connectivity index (χ4v) is 1.88. The average Bonchev–Trinajstić information content (AvgIpc) is 2.19. The van der Waals surface area contributed by atoms with E-state index in [2.05, 4.69) is 24.1 Å². The van der Waals surface area contributed by atoms with E-state index in [1.54, 1.807) is 0 Å². The van der Waals surface area contributed by atoms with Crippen LogP contribution in [0.15, 0.2) is 0 Å². The van der Waals surface area contributed by atoms with Crippen molar-refractivity contribution in [3.05, 3.63) is 0 Å². The van der Waals surface area contributed by atoms with Gasteiger partial charge in [0.2, 0.25) is 5.91 Å². The van der Waals surface area contributed by atoms with Crippen molar-refractivity contribution in [2.75, 3.05) is 33.2 Å². The van der Waals surface area contributed by atoms with Crippen molar-refractivity contribution in [1.82, 2.24) is 15.1 Å². The van der Waals surface area contributed by atoms with Crippen LogP contribution in [0.1, 0.15) is 27.7 Å². The van der Waals surface area contributed by atoms with Gasteiger partial charge in [-0.1, -0.05) is 0 Å². The predicted molar refractivity (Wildman–Crippen MR) is 66.4 cm³/mol. The number of carbonyl (C=O) groups is 1. The summed E-state index contributed by atoms with van der Waals surface area (Å²) in [5.41, 5.74) is 0.0751. The van der Waals surface area contributed by atoms with Gasteiger partial charge in [-0.05, 0) is 27.7 Å². The lowest BCUT2D eigenvalue weighted by Crippen LogP contribution is -2.60. The van der Waals surface area contributed by atoms with E-state index >= 15 is 0 Å². The Labute approximate surface area is 99.0 Å². The molecule has 1 amide bonds. The molecule has 0 aromatic heterocycles. The topological polar surface area (TPSA) is 35.6 Å². The third kappa shape index (κ3) is 3.19. The van der Waals surface area contributed by atoms with Gasteiger partial charge < -0.3 is 10.2 Å². The normalized spacial score (nSPS) is 21.1. The van der Waals surface area contributed by atoms with Crippen LogP contribution in [0.4, 0.5) is 0 Å². The van der Waals surface area contributed by atoms with Crippen LogP contribution in [0.2, 0.25) is 0 Å². The second kappa shape index (κ2) is 5.15. The summed E-state index contributed by atoms with van der Waals surface area (Å²) in [7, 11) is 1.88. The molecule has 16 heavy (non-hydrogen) atoms. The summed E-state index contributed by atoms with van der Waals surface area (Å²) in [6.45, 7) is 11.9. The fraction of sp³-hybridized carbons (Fsp3) is 0.917. The molecule has 4 nitrogen and oxygen atoms in total. The molecule has 1 heterocycles. The Kier molecular flexibility index (Phi) is 4.33. The summed E-state index contributed by atoms with van der Waals surface area (Å²) in [5.74, 6) is 0.213. The molecule has 4 heteroatoms. The SMILES string of the molecule is CC(C)N(C)C(=O)CN1CCNCC1(C)C. The van der Waals surface area contributed by atoms with Crippen LogP contribution in [0, 0.1) is 0 Å². The van der Waals surface area contributed by atoms with Gasteiger partial charge in [-0.15, -0.1) is 0 Å². The Morgan fingerprint density at radius 2 is 2.12 bits per heavy atom. The minimum atomic E-state index is 0.0751. The van der Waals surface area contributed by atoms with E-state index in [-0.39, 0.29) is 17.5 Å². The lowest BCUT2D eigenvalue weighted by molar-refractivity contribution is -0.134. The van der Waals surface area contributed by atoms with Crippen LogP contribution in [0.5, 0.6) is 0 Å². The first kappa shape index (κ1) is 13.5. The van der Waals surface area contributed by atoms with E-state index < -0.39 is 0 Å². The van der Waals surface area contributed by atoms with Crippen molar-refractivity contribution in [3.8, 4) is 0 Å². The van der Waals surface area contributed by atoms with Crippen molar-refractivity contribution in [2.24, 2.45) is 0 Å². The molecule has 0 spiro atoms. The molecule has 1 rings (SSSR count). The summed E-state index contributed by atoms with van der Waals surface area (Å²) in [5, 5.41) is 3.36. The average molecular weight is 227 g/mol. The summed E-state index contributed by atoms with van der Waals surface area (Å²) < 4.78 is 0. The molecule has 0 bridgehead atoms. The number of carbonyl (C=O) groups excluding carboxylic acids is 1. The van der Waals surface area contributed by atoms with Gasteiger partial charge >= 0.3 is 0 Å². The Morgan fingerprint density at radius 3 is 2.62 bits per heavy atom. The number of hydrogen-bond acceptors (Lipinski definition) is 3. The Morgan fingerprint density at radius 1 is 1.50 bits per heavy atom. The molecule has 1 saturated heterocycles. The van der Waals surface area contributed by atoms with E-state index in [0.717, 1.165) is 19.6 Å². The maximum atomic E-state index is 12.0. The molecule has 1 aliphatic rings. The highest BCUT2D eigenvalue weighted by Crippen LogP contribution is 2.16. The van der Waals surface area contributed by atoms with Gasteiger partial charge in [0.15, 0.2) is 0 Å². The van der Waals surface area contributed by atoms with Gasteiger partial charge in [0.25, 0.3) is 0 Å².